The summed E-state index contributed by atoms with van der Waals surface area (Å²) in [6.45, 7) is 4.41. The fourth-order valence-electron chi connectivity index (χ4n) is 2.00. The van der Waals surface area contributed by atoms with Gasteiger partial charge in [-0.05, 0) is 50.7 Å². The summed E-state index contributed by atoms with van der Waals surface area (Å²) in [5, 5.41) is 0. The maximum atomic E-state index is 3.46. The molecule has 11 heavy (non-hydrogen) atoms. The van der Waals surface area contributed by atoms with E-state index in [1.165, 1.54) is 42.6 Å². The van der Waals surface area contributed by atoms with Gasteiger partial charge in [-0.25, -0.2) is 0 Å². The van der Waals surface area contributed by atoms with Crippen LogP contribution >= 0.6 is 0 Å². The van der Waals surface area contributed by atoms with Gasteiger partial charge in [0.2, 0.25) is 0 Å². The van der Waals surface area contributed by atoms with Crippen LogP contribution in [0.2, 0.25) is 0 Å². The first-order valence-electron chi connectivity index (χ1n) is 4.46. The SMILES string of the molecule is Cc1[nH]c2c(c1C)CCCC2. The van der Waals surface area contributed by atoms with Crippen LogP contribution in [0.3, 0.4) is 0 Å². The average molecular weight is 149 g/mol. The van der Waals surface area contributed by atoms with Gasteiger partial charge < -0.3 is 4.98 Å². The summed E-state index contributed by atoms with van der Waals surface area (Å²) in [5.41, 5.74) is 5.98. The number of hydrogen-bond donors (Lipinski definition) is 1. The smallest absolute Gasteiger partial charge is 0.0184 e. The number of aromatic amines is 1. The van der Waals surface area contributed by atoms with Crippen molar-refractivity contribution < 1.29 is 0 Å². The second-order valence-electron chi connectivity index (χ2n) is 3.54. The van der Waals surface area contributed by atoms with Gasteiger partial charge in [0.1, 0.15) is 0 Å². The van der Waals surface area contributed by atoms with Crippen molar-refractivity contribution in [3.05, 3.63) is 22.5 Å². The Bertz CT molecular complexity index is 271. The van der Waals surface area contributed by atoms with E-state index in [1.807, 2.05) is 0 Å². The summed E-state index contributed by atoms with van der Waals surface area (Å²) >= 11 is 0. The maximum Gasteiger partial charge on any atom is 0.0184 e. The minimum Gasteiger partial charge on any atom is -0.362 e. The van der Waals surface area contributed by atoms with Gasteiger partial charge in [0.15, 0.2) is 0 Å². The zero-order valence-electron chi connectivity index (χ0n) is 7.33. The minimum atomic E-state index is 1.27. The summed E-state index contributed by atoms with van der Waals surface area (Å²) in [4.78, 5) is 3.46. The molecule has 0 unspecified atom stereocenters. The number of nitrogens with one attached hydrogen (secondary N) is 1. The molecule has 60 valence electrons. The van der Waals surface area contributed by atoms with E-state index in [9.17, 15) is 0 Å². The third kappa shape index (κ3) is 0.991. The van der Waals surface area contributed by atoms with Crippen LogP contribution in [-0.4, -0.2) is 4.98 Å². The molecule has 1 N–H and O–H groups in total. The van der Waals surface area contributed by atoms with E-state index < -0.39 is 0 Å². The monoisotopic (exact) mass is 149 g/mol. The summed E-state index contributed by atoms with van der Waals surface area (Å²) < 4.78 is 0. The molecular formula is C10H15N. The summed E-state index contributed by atoms with van der Waals surface area (Å²) in [6, 6.07) is 0. The highest BCUT2D eigenvalue weighted by Crippen LogP contribution is 2.25. The molecule has 0 fully saturated rings. The van der Waals surface area contributed by atoms with Crippen molar-refractivity contribution in [2.45, 2.75) is 39.5 Å². The molecule has 2 rings (SSSR count). The number of H-pyrrole nitrogens is 1. The van der Waals surface area contributed by atoms with Crippen LogP contribution in [0.5, 0.6) is 0 Å². The van der Waals surface area contributed by atoms with Gasteiger partial charge in [-0.1, -0.05) is 0 Å². The number of hydrogen-bond acceptors (Lipinski definition) is 0. The van der Waals surface area contributed by atoms with E-state index in [-0.39, 0.29) is 0 Å². The molecule has 0 radical (unpaired) electrons. The molecule has 0 saturated heterocycles. The predicted octanol–water partition coefficient (Wildman–Crippen LogP) is 2.51. The van der Waals surface area contributed by atoms with E-state index in [1.54, 1.807) is 5.56 Å². The first kappa shape index (κ1) is 6.96. The van der Waals surface area contributed by atoms with Crippen LogP contribution in [-0.2, 0) is 12.8 Å². The fraction of sp³-hybridized carbons (Fsp3) is 0.600. The fourth-order valence-corrected chi connectivity index (χ4v) is 2.00. The quantitative estimate of drug-likeness (QED) is 0.583. The lowest BCUT2D eigenvalue weighted by molar-refractivity contribution is 0.675. The Kier molecular flexibility index (Phi) is 1.52. The molecule has 1 heterocycles. The molecule has 1 heteroatoms. The molecule has 1 aromatic heterocycles. The standard InChI is InChI=1S/C10H15N/c1-7-8(2)11-10-6-4-3-5-9(7)10/h11H,3-6H2,1-2H3. The first-order chi connectivity index (χ1) is 5.29. The van der Waals surface area contributed by atoms with Gasteiger partial charge in [-0.3, -0.25) is 0 Å². The number of rotatable bonds is 0. The second-order valence-corrected chi connectivity index (χ2v) is 3.54. The van der Waals surface area contributed by atoms with Gasteiger partial charge in [-0.2, -0.15) is 0 Å². The molecule has 0 aromatic carbocycles. The van der Waals surface area contributed by atoms with Crippen molar-refractivity contribution >= 4 is 0 Å². The van der Waals surface area contributed by atoms with Gasteiger partial charge in [0, 0.05) is 11.4 Å². The topological polar surface area (TPSA) is 15.8 Å². The molecule has 0 bridgehead atoms. The predicted molar refractivity (Wildman–Crippen MR) is 46.9 cm³/mol. The molecule has 1 aliphatic rings. The molecule has 0 saturated carbocycles. The van der Waals surface area contributed by atoms with Crippen LogP contribution in [0.1, 0.15) is 35.4 Å². The van der Waals surface area contributed by atoms with Crippen molar-refractivity contribution in [1.29, 1.82) is 0 Å². The maximum absolute atomic E-state index is 3.46. The van der Waals surface area contributed by atoms with E-state index in [4.69, 9.17) is 0 Å². The average Bonchev–Trinajstić information content (AvgIpc) is 2.30. The van der Waals surface area contributed by atoms with Crippen molar-refractivity contribution in [2.75, 3.05) is 0 Å². The Morgan fingerprint density at radius 2 is 1.82 bits per heavy atom. The lowest BCUT2D eigenvalue weighted by atomic mass is 9.95. The minimum absolute atomic E-state index is 1.27. The van der Waals surface area contributed by atoms with Crippen LogP contribution in [0.25, 0.3) is 0 Å². The number of aromatic nitrogens is 1. The van der Waals surface area contributed by atoms with Crippen molar-refractivity contribution in [3.63, 3.8) is 0 Å². The Morgan fingerprint density at radius 3 is 2.55 bits per heavy atom. The molecule has 0 amide bonds. The lowest BCUT2D eigenvalue weighted by Crippen LogP contribution is -2.00. The van der Waals surface area contributed by atoms with Gasteiger partial charge >= 0.3 is 0 Å². The molecule has 0 spiro atoms. The normalized spacial score (nSPS) is 16.5. The number of aryl methyl sites for hydroxylation is 2. The molecule has 1 aromatic rings. The van der Waals surface area contributed by atoms with Crippen molar-refractivity contribution in [1.82, 2.24) is 4.98 Å². The summed E-state index contributed by atoms with van der Waals surface area (Å²) in [6.07, 6.45) is 5.31. The highest BCUT2D eigenvalue weighted by atomic mass is 14.7. The lowest BCUT2D eigenvalue weighted by Gasteiger charge is -2.10. The van der Waals surface area contributed by atoms with Crippen molar-refractivity contribution in [3.8, 4) is 0 Å². The highest BCUT2D eigenvalue weighted by Gasteiger charge is 2.14. The van der Waals surface area contributed by atoms with Gasteiger partial charge in [-0.15, -0.1) is 0 Å². The van der Waals surface area contributed by atoms with E-state index in [0.29, 0.717) is 0 Å². The van der Waals surface area contributed by atoms with E-state index in [0.717, 1.165) is 0 Å². The molecule has 0 aliphatic heterocycles. The van der Waals surface area contributed by atoms with Crippen LogP contribution in [0, 0.1) is 13.8 Å². The number of fused-ring (bicyclic) bond motifs is 1. The van der Waals surface area contributed by atoms with Crippen molar-refractivity contribution in [2.24, 2.45) is 0 Å². The zero-order valence-corrected chi connectivity index (χ0v) is 7.33. The third-order valence-corrected chi connectivity index (χ3v) is 2.82. The highest BCUT2D eigenvalue weighted by molar-refractivity contribution is 5.36. The zero-order chi connectivity index (χ0) is 7.84. The van der Waals surface area contributed by atoms with Gasteiger partial charge in [0.05, 0.1) is 0 Å². The largest absolute Gasteiger partial charge is 0.362 e. The Morgan fingerprint density at radius 1 is 1.09 bits per heavy atom. The van der Waals surface area contributed by atoms with Gasteiger partial charge in [0.25, 0.3) is 0 Å². The summed E-state index contributed by atoms with van der Waals surface area (Å²) in [5.74, 6) is 0. The Labute approximate surface area is 67.8 Å². The molecular weight excluding hydrogens is 134 g/mol. The Hall–Kier alpha value is -0.720. The third-order valence-electron chi connectivity index (χ3n) is 2.82. The second kappa shape index (κ2) is 2.40. The summed E-state index contributed by atoms with van der Waals surface area (Å²) in [7, 11) is 0. The van der Waals surface area contributed by atoms with Crippen LogP contribution in [0.15, 0.2) is 0 Å². The molecule has 1 aliphatic carbocycles. The van der Waals surface area contributed by atoms with E-state index in [2.05, 4.69) is 18.8 Å². The first-order valence-corrected chi connectivity index (χ1v) is 4.46. The molecule has 1 nitrogen and oxygen atoms in total. The van der Waals surface area contributed by atoms with Crippen LogP contribution in [0.4, 0.5) is 0 Å². The van der Waals surface area contributed by atoms with E-state index >= 15 is 0 Å². The molecule has 0 atom stereocenters. The van der Waals surface area contributed by atoms with Crippen LogP contribution < -0.4 is 0 Å². The Balaban J connectivity index is 2.50.